The Morgan fingerprint density at radius 2 is 1.93 bits per heavy atom. The van der Waals surface area contributed by atoms with Crippen molar-refractivity contribution < 1.29 is 13.2 Å². The van der Waals surface area contributed by atoms with Gasteiger partial charge in [0.05, 0.1) is 28.0 Å². The summed E-state index contributed by atoms with van der Waals surface area (Å²) in [4.78, 5) is 23.2. The molecule has 3 aromatic rings. The first-order chi connectivity index (χ1) is 14.0. The van der Waals surface area contributed by atoms with Crippen LogP contribution in [-0.4, -0.2) is 51.9 Å². The lowest BCUT2D eigenvalue weighted by atomic mass is 9.94. The Bertz CT molecular complexity index is 1220. The maximum Gasteiger partial charge on any atom is 0.302 e. The second-order valence-electron chi connectivity index (χ2n) is 7.41. The van der Waals surface area contributed by atoms with Crippen LogP contribution in [0.1, 0.15) is 37.3 Å². The van der Waals surface area contributed by atoms with Gasteiger partial charge in [0.2, 0.25) is 14.9 Å². The van der Waals surface area contributed by atoms with Crippen LogP contribution in [0.25, 0.3) is 10.9 Å². The van der Waals surface area contributed by atoms with Crippen molar-refractivity contribution in [3.8, 4) is 11.8 Å². The molecule has 3 N–H and O–H groups in total. The summed E-state index contributed by atoms with van der Waals surface area (Å²) in [5, 5.41) is 10.1. The highest BCUT2D eigenvalue weighted by Gasteiger charge is 2.42. The summed E-state index contributed by atoms with van der Waals surface area (Å²) < 4.78 is 31.7. The number of fused-ring (bicyclic) bond motifs is 1. The van der Waals surface area contributed by atoms with Crippen molar-refractivity contribution in [1.82, 2.24) is 30.5 Å². The van der Waals surface area contributed by atoms with Crippen molar-refractivity contribution in [2.75, 3.05) is 13.1 Å². The fourth-order valence-corrected chi connectivity index (χ4v) is 5.31. The van der Waals surface area contributed by atoms with Crippen LogP contribution in [0.15, 0.2) is 28.3 Å². The molecule has 10 nitrogen and oxygen atoms in total. The summed E-state index contributed by atoms with van der Waals surface area (Å²) in [5.41, 5.74) is 0.607. The first kappa shape index (κ1) is 18.3. The number of hydrogen-bond acceptors (Lipinski definition) is 8. The topological polar surface area (TPSA) is 143 Å². The molecule has 0 amide bonds. The van der Waals surface area contributed by atoms with Gasteiger partial charge in [0.25, 0.3) is 5.56 Å². The number of H-pyrrole nitrogens is 2. The maximum absolute atomic E-state index is 12.9. The van der Waals surface area contributed by atoms with Gasteiger partial charge in [-0.1, -0.05) is 0 Å². The molecule has 2 fully saturated rings. The van der Waals surface area contributed by atoms with Crippen LogP contribution < -0.4 is 15.6 Å². The average molecular weight is 416 g/mol. The first-order valence-corrected chi connectivity index (χ1v) is 11.1. The molecular formula is C18H20N6O4S. The van der Waals surface area contributed by atoms with Crippen molar-refractivity contribution in [3.63, 3.8) is 0 Å². The summed E-state index contributed by atoms with van der Waals surface area (Å²) in [6, 6.07) is 1.48. The van der Waals surface area contributed by atoms with Crippen LogP contribution in [0, 0.1) is 0 Å². The van der Waals surface area contributed by atoms with E-state index in [0.29, 0.717) is 29.4 Å². The lowest BCUT2D eigenvalue weighted by Gasteiger charge is -2.22. The lowest BCUT2D eigenvalue weighted by Crippen LogP contribution is -2.27. The van der Waals surface area contributed by atoms with Crippen molar-refractivity contribution in [3.05, 3.63) is 34.5 Å². The first-order valence-electron chi connectivity index (χ1n) is 9.59. The van der Waals surface area contributed by atoms with E-state index in [1.54, 1.807) is 6.07 Å². The lowest BCUT2D eigenvalue weighted by molar-refractivity contribution is 0.402. The van der Waals surface area contributed by atoms with E-state index in [-0.39, 0.29) is 28.3 Å². The fraction of sp³-hybridized carbons (Fsp3) is 0.444. The summed E-state index contributed by atoms with van der Waals surface area (Å²) >= 11 is 0. The summed E-state index contributed by atoms with van der Waals surface area (Å²) in [6.45, 7) is 1.65. The van der Waals surface area contributed by atoms with Crippen LogP contribution in [0.5, 0.6) is 11.8 Å². The van der Waals surface area contributed by atoms with Crippen molar-refractivity contribution in [1.29, 1.82) is 0 Å². The molecule has 5 rings (SSSR count). The number of nitrogens with one attached hydrogen (secondary N) is 3. The van der Waals surface area contributed by atoms with Gasteiger partial charge in [-0.25, -0.2) is 8.42 Å². The van der Waals surface area contributed by atoms with Gasteiger partial charge in [-0.15, -0.1) is 0 Å². The number of aromatic nitrogens is 5. The molecule has 0 spiro atoms. The second kappa shape index (κ2) is 6.92. The Morgan fingerprint density at radius 3 is 2.69 bits per heavy atom. The summed E-state index contributed by atoms with van der Waals surface area (Å²) in [7, 11) is -3.60. The summed E-state index contributed by atoms with van der Waals surface area (Å²) in [5.74, 6) is 0.214. The maximum atomic E-state index is 12.9. The van der Waals surface area contributed by atoms with Gasteiger partial charge in [0, 0.05) is 12.1 Å². The molecule has 0 unspecified atom stereocenters. The second-order valence-corrected chi connectivity index (χ2v) is 9.55. The van der Waals surface area contributed by atoms with Gasteiger partial charge < -0.3 is 10.1 Å². The zero-order valence-electron chi connectivity index (χ0n) is 15.5. The van der Waals surface area contributed by atoms with Gasteiger partial charge in [0.15, 0.2) is 5.75 Å². The number of hydrogen-bond donors (Lipinski definition) is 3. The zero-order valence-corrected chi connectivity index (χ0v) is 16.3. The number of nitrogens with zero attached hydrogens (tertiary/aromatic N) is 3. The average Bonchev–Trinajstić information content (AvgIpc) is 3.50. The SMILES string of the molecule is O=c1[nH]c(Oc2c(S(=O)(=O)C3CC3)n[nH]c2C2CCNCC2)nc2cnccc12. The van der Waals surface area contributed by atoms with Gasteiger partial charge in [0.1, 0.15) is 0 Å². The molecule has 2 aliphatic rings. The van der Waals surface area contributed by atoms with Crippen LogP contribution in [-0.2, 0) is 9.84 Å². The monoisotopic (exact) mass is 416 g/mol. The van der Waals surface area contributed by atoms with E-state index in [0.717, 1.165) is 25.9 Å². The Hall–Kier alpha value is -2.79. The normalized spacial score (nSPS) is 18.2. The van der Waals surface area contributed by atoms with Gasteiger partial charge in [-0.05, 0) is 44.8 Å². The summed E-state index contributed by atoms with van der Waals surface area (Å²) in [6.07, 6.45) is 5.86. The predicted octanol–water partition coefficient (Wildman–Crippen LogP) is 1.24. The molecule has 1 saturated carbocycles. The quantitative estimate of drug-likeness (QED) is 0.564. The van der Waals surface area contributed by atoms with E-state index >= 15 is 0 Å². The highest BCUT2D eigenvalue weighted by molar-refractivity contribution is 7.92. The Balaban J connectivity index is 1.60. The molecule has 0 bridgehead atoms. The van der Waals surface area contributed by atoms with Crippen molar-refractivity contribution in [2.45, 2.75) is 41.9 Å². The molecule has 1 saturated heterocycles. The third-order valence-corrected chi connectivity index (χ3v) is 7.55. The molecular weight excluding hydrogens is 396 g/mol. The van der Waals surface area contributed by atoms with Crippen LogP contribution in [0.3, 0.4) is 0 Å². The fourth-order valence-electron chi connectivity index (χ4n) is 3.66. The Kier molecular flexibility index (Phi) is 4.36. The smallest absolute Gasteiger partial charge is 0.302 e. The number of ether oxygens (including phenoxy) is 1. The van der Waals surface area contributed by atoms with Gasteiger partial charge in [-0.3, -0.25) is 19.9 Å². The minimum atomic E-state index is -3.60. The number of aromatic amines is 2. The third kappa shape index (κ3) is 3.29. The molecule has 0 radical (unpaired) electrons. The largest absolute Gasteiger partial charge is 0.420 e. The highest BCUT2D eigenvalue weighted by atomic mass is 32.2. The van der Waals surface area contributed by atoms with Gasteiger partial charge >= 0.3 is 6.01 Å². The van der Waals surface area contributed by atoms with Crippen LogP contribution >= 0.6 is 0 Å². The molecule has 29 heavy (non-hydrogen) atoms. The van der Waals surface area contributed by atoms with Crippen LogP contribution in [0.4, 0.5) is 0 Å². The molecule has 1 aliphatic carbocycles. The minimum Gasteiger partial charge on any atom is -0.420 e. The van der Waals surface area contributed by atoms with E-state index in [1.807, 2.05) is 0 Å². The molecule has 3 aromatic heterocycles. The van der Waals surface area contributed by atoms with E-state index < -0.39 is 15.1 Å². The molecule has 0 aromatic carbocycles. The van der Waals surface area contributed by atoms with Crippen LogP contribution in [0.2, 0.25) is 0 Å². The van der Waals surface area contributed by atoms with E-state index in [2.05, 4.69) is 30.5 Å². The third-order valence-electron chi connectivity index (χ3n) is 5.38. The number of pyridine rings is 1. The van der Waals surface area contributed by atoms with E-state index in [9.17, 15) is 13.2 Å². The molecule has 11 heteroatoms. The molecule has 0 atom stereocenters. The number of rotatable bonds is 5. The van der Waals surface area contributed by atoms with E-state index in [1.165, 1.54) is 12.4 Å². The van der Waals surface area contributed by atoms with Crippen molar-refractivity contribution in [2.24, 2.45) is 0 Å². The number of sulfone groups is 1. The zero-order chi connectivity index (χ0) is 20.0. The van der Waals surface area contributed by atoms with Crippen molar-refractivity contribution >= 4 is 20.7 Å². The van der Waals surface area contributed by atoms with Gasteiger partial charge in [-0.2, -0.15) is 10.1 Å². The Morgan fingerprint density at radius 1 is 1.14 bits per heavy atom. The predicted molar refractivity (Wildman–Crippen MR) is 104 cm³/mol. The molecule has 152 valence electrons. The van der Waals surface area contributed by atoms with E-state index in [4.69, 9.17) is 4.74 Å². The standard InChI is InChI=1S/C18H20N6O4S/c25-16-12-5-8-20-9-13(12)21-18(22-16)28-15-14(10-3-6-19-7-4-10)23-24-17(15)29(26,27)11-1-2-11/h5,8-11,19H,1-4,6-7H2,(H,23,24)(H,21,22,25). The Labute approximate surface area is 166 Å². The molecule has 1 aliphatic heterocycles. The highest BCUT2D eigenvalue weighted by Crippen LogP contribution is 2.42. The minimum absolute atomic E-state index is 0.0794. The number of piperidine rings is 1. The molecule has 4 heterocycles.